The molecule has 0 aromatic heterocycles. The van der Waals surface area contributed by atoms with Gasteiger partial charge in [0, 0.05) is 38.2 Å². The van der Waals surface area contributed by atoms with Crippen molar-refractivity contribution in [1.82, 2.24) is 0 Å². The molecule has 0 spiro atoms. The van der Waals surface area contributed by atoms with Crippen LogP contribution in [0.4, 0.5) is 0 Å². The van der Waals surface area contributed by atoms with Crippen LogP contribution in [0.1, 0.15) is 72.1 Å². The molecule has 0 heterocycles. The fraction of sp³-hybridized carbons (Fsp3) is 0.833. The second-order valence-corrected chi connectivity index (χ2v) is 10.1. The fourth-order valence-electron chi connectivity index (χ4n) is 7.63. The highest BCUT2D eigenvalue weighted by Crippen LogP contribution is 2.65. The smallest absolute Gasteiger partial charge is 0.302 e. The van der Waals surface area contributed by atoms with E-state index in [0.29, 0.717) is 17.8 Å². The second kappa shape index (κ2) is 7.72. The van der Waals surface area contributed by atoms with Crippen LogP contribution in [0.3, 0.4) is 0 Å². The van der Waals surface area contributed by atoms with Gasteiger partial charge in [-0.2, -0.15) is 0 Å². The molecule has 0 aromatic rings. The van der Waals surface area contributed by atoms with E-state index in [1.165, 1.54) is 19.4 Å². The van der Waals surface area contributed by atoms with Crippen LogP contribution in [0.25, 0.3) is 0 Å². The van der Waals surface area contributed by atoms with E-state index in [1.54, 1.807) is 0 Å². The lowest BCUT2D eigenvalue weighted by Gasteiger charge is -2.58. The molecule has 0 amide bonds. The summed E-state index contributed by atoms with van der Waals surface area (Å²) in [5.41, 5.74) is 1.63. The van der Waals surface area contributed by atoms with Gasteiger partial charge in [0.25, 0.3) is 0 Å². The molecule has 29 heavy (non-hydrogen) atoms. The molecule has 5 nitrogen and oxygen atoms in total. The number of carbonyl (C=O) groups excluding carboxylic acids is 2. The van der Waals surface area contributed by atoms with Crippen molar-refractivity contribution in [3.63, 3.8) is 0 Å². The zero-order valence-corrected chi connectivity index (χ0v) is 18.4. The average Bonchev–Trinajstić information content (AvgIpc) is 2.97. The number of hydrogen-bond acceptors (Lipinski definition) is 5. The third-order valence-corrected chi connectivity index (χ3v) is 8.74. The first-order valence-electron chi connectivity index (χ1n) is 11.3. The number of carbonyl (C=O) groups is 2. The summed E-state index contributed by atoms with van der Waals surface area (Å²) in [6, 6.07) is 0. The van der Waals surface area contributed by atoms with Crippen molar-refractivity contribution in [1.29, 1.82) is 0 Å². The Kier molecular flexibility index (Phi) is 5.56. The van der Waals surface area contributed by atoms with Crippen LogP contribution in [0, 0.1) is 28.6 Å². The van der Waals surface area contributed by atoms with E-state index < -0.39 is 0 Å². The Morgan fingerprint density at radius 1 is 1.03 bits per heavy atom. The maximum absolute atomic E-state index is 11.6. The van der Waals surface area contributed by atoms with Crippen molar-refractivity contribution < 1.29 is 23.8 Å². The molecule has 0 bridgehead atoms. The molecule has 5 heteroatoms. The van der Waals surface area contributed by atoms with Gasteiger partial charge in [-0.1, -0.05) is 18.6 Å². The molecule has 3 saturated carbocycles. The molecule has 7 atom stereocenters. The van der Waals surface area contributed by atoms with E-state index in [4.69, 9.17) is 14.2 Å². The number of esters is 2. The number of fused-ring (bicyclic) bond motifs is 5. The largest absolute Gasteiger partial charge is 0.462 e. The van der Waals surface area contributed by atoms with Gasteiger partial charge in [-0.3, -0.25) is 9.59 Å². The summed E-state index contributed by atoms with van der Waals surface area (Å²) in [6.07, 6.45) is 10.8. The molecule has 0 aromatic carbocycles. The topological polar surface area (TPSA) is 61.8 Å². The van der Waals surface area contributed by atoms with Crippen molar-refractivity contribution in [2.45, 2.75) is 84.3 Å². The van der Waals surface area contributed by atoms with E-state index in [0.717, 1.165) is 58.0 Å². The molecule has 4 aliphatic carbocycles. The zero-order chi connectivity index (χ0) is 20.8. The predicted molar refractivity (Wildman–Crippen MR) is 109 cm³/mol. The minimum Gasteiger partial charge on any atom is -0.462 e. The van der Waals surface area contributed by atoms with Crippen LogP contribution in [-0.4, -0.2) is 37.9 Å². The van der Waals surface area contributed by atoms with Crippen LogP contribution in [-0.2, 0) is 23.8 Å². The number of allylic oxidation sites excluding steroid dienone is 1. The van der Waals surface area contributed by atoms with Gasteiger partial charge in [0.2, 0.25) is 0 Å². The average molecular weight is 405 g/mol. The van der Waals surface area contributed by atoms with Gasteiger partial charge < -0.3 is 14.2 Å². The Hall–Kier alpha value is -1.36. The Morgan fingerprint density at radius 2 is 1.79 bits per heavy atom. The molecule has 0 aliphatic heterocycles. The second-order valence-electron chi connectivity index (χ2n) is 10.1. The van der Waals surface area contributed by atoms with Crippen LogP contribution in [0.5, 0.6) is 0 Å². The van der Waals surface area contributed by atoms with E-state index in [2.05, 4.69) is 13.0 Å². The first kappa shape index (κ1) is 20.9. The number of rotatable bonds is 4. The lowest BCUT2D eigenvalue weighted by Crippen LogP contribution is -2.54. The molecule has 0 unspecified atom stereocenters. The van der Waals surface area contributed by atoms with Gasteiger partial charge in [-0.05, 0) is 62.7 Å². The van der Waals surface area contributed by atoms with Crippen LogP contribution < -0.4 is 0 Å². The molecule has 3 fully saturated rings. The SMILES string of the molecule is COC[C@]12CC[C@H](OC(C)=O)CC1=CC[C@@H]1[C@@H]2CC[C@]2(C)[C@@H](OC(C)=O)CC[C@@H]12. The zero-order valence-electron chi connectivity index (χ0n) is 18.4. The summed E-state index contributed by atoms with van der Waals surface area (Å²) < 4.78 is 17.1. The van der Waals surface area contributed by atoms with Crippen molar-refractivity contribution in [2.24, 2.45) is 28.6 Å². The lowest BCUT2D eigenvalue weighted by molar-refractivity contribution is -0.158. The first-order valence-corrected chi connectivity index (χ1v) is 11.3. The van der Waals surface area contributed by atoms with E-state index >= 15 is 0 Å². The Morgan fingerprint density at radius 3 is 2.48 bits per heavy atom. The highest BCUT2D eigenvalue weighted by molar-refractivity contribution is 5.66. The Balaban J connectivity index is 1.60. The third-order valence-electron chi connectivity index (χ3n) is 8.74. The minimum absolute atomic E-state index is 0.00830. The minimum atomic E-state index is -0.181. The summed E-state index contributed by atoms with van der Waals surface area (Å²) in [7, 11) is 1.81. The summed E-state index contributed by atoms with van der Waals surface area (Å²) >= 11 is 0. The monoisotopic (exact) mass is 404 g/mol. The quantitative estimate of drug-likeness (QED) is 0.512. The molecule has 0 N–H and O–H groups in total. The Labute approximate surface area is 174 Å². The maximum Gasteiger partial charge on any atom is 0.302 e. The van der Waals surface area contributed by atoms with Crippen molar-refractivity contribution in [3.8, 4) is 0 Å². The summed E-state index contributed by atoms with van der Waals surface area (Å²) in [6.45, 7) is 6.15. The third kappa shape index (κ3) is 3.43. The maximum atomic E-state index is 11.6. The molecule has 162 valence electrons. The van der Waals surface area contributed by atoms with Gasteiger partial charge in [0.05, 0.1) is 6.61 Å². The fourth-order valence-corrected chi connectivity index (χ4v) is 7.63. The highest BCUT2D eigenvalue weighted by Gasteiger charge is 2.60. The normalized spacial score (nSPS) is 43.4. The molecular weight excluding hydrogens is 368 g/mol. The van der Waals surface area contributed by atoms with Crippen molar-refractivity contribution >= 4 is 11.9 Å². The highest BCUT2D eigenvalue weighted by atomic mass is 16.5. The number of methoxy groups -OCH3 is 1. The standard InChI is InChI=1S/C24H36O5/c1-15(25)28-18-9-12-24(14-27-4)17(13-18)5-6-19-20-7-8-22(29-16(2)26)23(20,3)11-10-21(19)24/h5,18-22H,6-14H2,1-4H3/t18-,19-,20-,21-,22-,23-,24+/m0/s1. The van der Waals surface area contributed by atoms with E-state index in [9.17, 15) is 9.59 Å². The first-order chi connectivity index (χ1) is 13.8. The van der Waals surface area contributed by atoms with Gasteiger partial charge in [0.1, 0.15) is 12.2 Å². The van der Waals surface area contributed by atoms with Gasteiger partial charge in [0.15, 0.2) is 0 Å². The van der Waals surface area contributed by atoms with E-state index in [1.807, 2.05) is 7.11 Å². The lowest BCUT2D eigenvalue weighted by atomic mass is 9.47. The molecule has 4 aliphatic rings. The number of ether oxygens (including phenoxy) is 3. The number of hydrogen-bond donors (Lipinski definition) is 0. The Bertz CT molecular complexity index is 699. The van der Waals surface area contributed by atoms with Crippen molar-refractivity contribution in [3.05, 3.63) is 11.6 Å². The van der Waals surface area contributed by atoms with E-state index in [-0.39, 0.29) is 35.0 Å². The molecule has 0 saturated heterocycles. The van der Waals surface area contributed by atoms with Gasteiger partial charge in [-0.25, -0.2) is 0 Å². The van der Waals surface area contributed by atoms with Crippen LogP contribution >= 0.6 is 0 Å². The van der Waals surface area contributed by atoms with Gasteiger partial charge >= 0.3 is 11.9 Å². The van der Waals surface area contributed by atoms with Gasteiger partial charge in [-0.15, -0.1) is 0 Å². The summed E-state index contributed by atoms with van der Waals surface area (Å²) in [5.74, 6) is 1.50. The summed E-state index contributed by atoms with van der Waals surface area (Å²) in [5, 5.41) is 0. The molecule has 0 radical (unpaired) electrons. The van der Waals surface area contributed by atoms with Crippen LogP contribution in [0.15, 0.2) is 11.6 Å². The molecular formula is C24H36O5. The van der Waals surface area contributed by atoms with Crippen molar-refractivity contribution in [2.75, 3.05) is 13.7 Å². The van der Waals surface area contributed by atoms with Crippen LogP contribution in [0.2, 0.25) is 0 Å². The predicted octanol–water partition coefficient (Wildman–Crippen LogP) is 4.44. The summed E-state index contributed by atoms with van der Waals surface area (Å²) in [4.78, 5) is 23.1. The molecule has 4 rings (SSSR count).